The molecule has 17 heavy (non-hydrogen) atoms. The van der Waals surface area contributed by atoms with Gasteiger partial charge in [-0.3, -0.25) is 4.79 Å². The van der Waals surface area contributed by atoms with E-state index in [-0.39, 0.29) is 16.6 Å². The summed E-state index contributed by atoms with van der Waals surface area (Å²) >= 11 is 5.47. The van der Waals surface area contributed by atoms with E-state index in [4.69, 9.17) is 27.3 Å². The molecule has 1 aromatic heterocycles. The quantitative estimate of drug-likeness (QED) is 0.611. The summed E-state index contributed by atoms with van der Waals surface area (Å²) in [5, 5.41) is 0.937. The Morgan fingerprint density at radius 3 is 2.82 bits per heavy atom. The van der Waals surface area contributed by atoms with Gasteiger partial charge < -0.3 is 5.32 Å². The number of rotatable bonds is 2. The van der Waals surface area contributed by atoms with Crippen LogP contribution in [0.1, 0.15) is 12.0 Å². The fraction of sp³-hybridized carbons (Fsp3) is 0.400. The SMILES string of the molecule is [B]C([B])(c1cnc(Cl)c(F)c1)C1CCNC1=O. The van der Waals surface area contributed by atoms with E-state index in [2.05, 4.69) is 10.3 Å². The number of nitrogens with one attached hydrogen (secondary N) is 1. The molecule has 2 rings (SSSR count). The summed E-state index contributed by atoms with van der Waals surface area (Å²) in [5.41, 5.74) is 0.251. The molecule has 1 fully saturated rings. The molecule has 0 aromatic carbocycles. The van der Waals surface area contributed by atoms with Crippen LogP contribution in [0.5, 0.6) is 0 Å². The lowest BCUT2D eigenvalue weighted by Crippen LogP contribution is -2.40. The molecule has 1 aliphatic heterocycles. The third-order valence-electron chi connectivity index (χ3n) is 2.92. The molecule has 0 spiro atoms. The summed E-state index contributed by atoms with van der Waals surface area (Å²) in [5.74, 6) is -1.53. The molecule has 1 atom stereocenters. The van der Waals surface area contributed by atoms with Crippen LogP contribution in [0.15, 0.2) is 12.3 Å². The second kappa shape index (κ2) is 4.33. The van der Waals surface area contributed by atoms with Crippen molar-refractivity contribution in [3.05, 3.63) is 28.8 Å². The van der Waals surface area contributed by atoms with Gasteiger partial charge in [0.25, 0.3) is 0 Å². The van der Waals surface area contributed by atoms with Crippen molar-refractivity contribution in [3.63, 3.8) is 0 Å². The van der Waals surface area contributed by atoms with Crippen LogP contribution in [0.3, 0.4) is 0 Å². The molecule has 0 aliphatic carbocycles. The minimum absolute atomic E-state index is 0.231. The van der Waals surface area contributed by atoms with Gasteiger partial charge in [0.15, 0.2) is 11.0 Å². The van der Waals surface area contributed by atoms with E-state index in [9.17, 15) is 9.18 Å². The summed E-state index contributed by atoms with van der Waals surface area (Å²) in [4.78, 5) is 15.2. The number of nitrogens with zero attached hydrogens (tertiary/aromatic N) is 1. The first kappa shape index (κ1) is 12.4. The van der Waals surface area contributed by atoms with Crippen LogP contribution in [0.2, 0.25) is 5.15 Å². The zero-order chi connectivity index (χ0) is 12.6. The summed E-state index contributed by atoms with van der Waals surface area (Å²) < 4.78 is 13.3. The number of aromatic nitrogens is 1. The molecule has 7 heteroatoms. The van der Waals surface area contributed by atoms with Crippen molar-refractivity contribution in [1.29, 1.82) is 0 Å². The second-order valence-electron chi connectivity index (χ2n) is 4.06. The Labute approximate surface area is 106 Å². The Kier molecular flexibility index (Phi) is 3.17. The molecule has 3 nitrogen and oxygen atoms in total. The molecule has 1 aliphatic rings. The molecule has 0 bridgehead atoms. The average Bonchev–Trinajstić information content (AvgIpc) is 2.69. The Balaban J connectivity index is 2.36. The fourth-order valence-corrected chi connectivity index (χ4v) is 2.01. The maximum Gasteiger partial charge on any atom is 0.222 e. The normalized spacial score (nSPS) is 20.4. The van der Waals surface area contributed by atoms with Gasteiger partial charge in [-0.05, 0) is 18.1 Å². The predicted octanol–water partition coefficient (Wildman–Crippen LogP) is 0.500. The van der Waals surface area contributed by atoms with Crippen LogP contribution in [0.25, 0.3) is 0 Å². The van der Waals surface area contributed by atoms with E-state index < -0.39 is 16.9 Å². The second-order valence-corrected chi connectivity index (χ2v) is 4.42. The Hall–Kier alpha value is -1.03. The first-order chi connectivity index (χ1) is 7.93. The number of carbonyl (C=O) groups is 1. The molecular weight excluding hydrogens is 240 g/mol. The van der Waals surface area contributed by atoms with Gasteiger partial charge in [0.1, 0.15) is 0 Å². The van der Waals surface area contributed by atoms with E-state index in [0.717, 1.165) is 6.07 Å². The minimum atomic E-state index is -1.45. The smallest absolute Gasteiger partial charge is 0.222 e. The van der Waals surface area contributed by atoms with Crippen molar-refractivity contribution in [2.45, 2.75) is 11.6 Å². The highest BCUT2D eigenvalue weighted by Gasteiger charge is 2.38. The van der Waals surface area contributed by atoms with Gasteiger partial charge in [-0.15, -0.1) is 0 Å². The molecule has 4 radical (unpaired) electrons. The van der Waals surface area contributed by atoms with Crippen LogP contribution in [-0.4, -0.2) is 33.1 Å². The van der Waals surface area contributed by atoms with Gasteiger partial charge in [0.05, 0.1) is 15.7 Å². The maximum atomic E-state index is 13.3. The van der Waals surface area contributed by atoms with Gasteiger partial charge in [-0.2, -0.15) is 0 Å². The molecule has 0 saturated carbocycles. The molecule has 1 saturated heterocycles. The number of hydrogen-bond acceptors (Lipinski definition) is 2. The third-order valence-corrected chi connectivity index (χ3v) is 3.20. The average molecular weight is 248 g/mol. The van der Waals surface area contributed by atoms with Crippen molar-refractivity contribution in [2.24, 2.45) is 5.92 Å². The summed E-state index contributed by atoms with van der Waals surface area (Å²) in [6.45, 7) is 0.517. The topological polar surface area (TPSA) is 42.0 Å². The Morgan fingerprint density at radius 1 is 1.59 bits per heavy atom. The van der Waals surface area contributed by atoms with Crippen molar-refractivity contribution >= 4 is 33.2 Å². The van der Waals surface area contributed by atoms with Crippen molar-refractivity contribution in [2.75, 3.05) is 6.54 Å². The monoisotopic (exact) mass is 248 g/mol. The zero-order valence-corrected chi connectivity index (χ0v) is 9.67. The van der Waals surface area contributed by atoms with E-state index in [1.54, 1.807) is 0 Å². The van der Waals surface area contributed by atoms with Gasteiger partial charge in [0, 0.05) is 18.7 Å². The summed E-state index contributed by atoms with van der Waals surface area (Å²) in [7, 11) is 11.8. The van der Waals surface area contributed by atoms with Crippen molar-refractivity contribution in [1.82, 2.24) is 10.3 Å². The van der Waals surface area contributed by atoms with E-state index in [0.29, 0.717) is 13.0 Å². The number of halogens is 2. The predicted molar refractivity (Wildman–Crippen MR) is 63.5 cm³/mol. The van der Waals surface area contributed by atoms with Crippen LogP contribution >= 0.6 is 11.6 Å². The Bertz CT molecular complexity index is 470. The fourth-order valence-electron chi connectivity index (χ4n) is 1.91. The van der Waals surface area contributed by atoms with E-state index in [1.807, 2.05) is 0 Å². The molecule has 84 valence electrons. The Morgan fingerprint density at radius 2 is 2.29 bits per heavy atom. The van der Waals surface area contributed by atoms with Gasteiger partial charge in [-0.1, -0.05) is 16.8 Å². The van der Waals surface area contributed by atoms with Crippen LogP contribution in [0.4, 0.5) is 4.39 Å². The number of amides is 1. The lowest BCUT2D eigenvalue weighted by Gasteiger charge is -2.31. The van der Waals surface area contributed by atoms with Gasteiger partial charge in [-0.25, -0.2) is 9.37 Å². The summed E-state index contributed by atoms with van der Waals surface area (Å²) in [6, 6.07) is 1.11. The standard InChI is InChI=1S/C10H8B2ClFN2O/c11-10(12,6-1-2-15-9(6)17)5-3-7(14)8(13)16-4-5/h3-4,6H,1-2H2,(H,15,17). The molecule has 1 unspecified atom stereocenters. The lowest BCUT2D eigenvalue weighted by atomic mass is 9.45. The third kappa shape index (κ3) is 2.18. The molecule has 1 N–H and O–H groups in total. The number of carbonyl (C=O) groups excluding carboxylic acids is 1. The van der Waals surface area contributed by atoms with Crippen LogP contribution in [-0.2, 0) is 10.0 Å². The minimum Gasteiger partial charge on any atom is -0.356 e. The number of hydrogen-bond donors (Lipinski definition) is 1. The van der Waals surface area contributed by atoms with Gasteiger partial charge in [0.2, 0.25) is 5.91 Å². The zero-order valence-electron chi connectivity index (χ0n) is 8.91. The highest BCUT2D eigenvalue weighted by molar-refractivity contribution is 6.41. The largest absolute Gasteiger partial charge is 0.356 e. The lowest BCUT2D eigenvalue weighted by molar-refractivity contribution is -0.122. The number of pyridine rings is 1. The van der Waals surface area contributed by atoms with Crippen molar-refractivity contribution < 1.29 is 9.18 Å². The first-order valence-electron chi connectivity index (χ1n) is 5.10. The summed E-state index contributed by atoms with van der Waals surface area (Å²) in [6.07, 6.45) is 1.80. The van der Waals surface area contributed by atoms with Crippen molar-refractivity contribution in [3.8, 4) is 0 Å². The first-order valence-corrected chi connectivity index (χ1v) is 5.47. The highest BCUT2D eigenvalue weighted by Crippen LogP contribution is 2.31. The molecule has 1 aromatic rings. The van der Waals surface area contributed by atoms with E-state index >= 15 is 0 Å². The maximum absolute atomic E-state index is 13.3. The van der Waals surface area contributed by atoms with Crippen LogP contribution < -0.4 is 5.32 Å². The molecule has 2 heterocycles. The molecule has 1 amide bonds. The van der Waals surface area contributed by atoms with Gasteiger partial charge >= 0.3 is 0 Å². The van der Waals surface area contributed by atoms with Crippen LogP contribution in [0, 0.1) is 11.7 Å². The molecular formula is C10H8B2ClFN2O. The van der Waals surface area contributed by atoms with E-state index in [1.165, 1.54) is 6.20 Å². The highest BCUT2D eigenvalue weighted by atomic mass is 35.5.